The van der Waals surface area contributed by atoms with Crippen LogP contribution < -0.4 is 16.2 Å². The van der Waals surface area contributed by atoms with Gasteiger partial charge in [-0.1, -0.05) is 0 Å². The molecular weight excluding hydrogens is 432 g/mol. The number of allylic oxidation sites excluding steroid dienone is 3. The van der Waals surface area contributed by atoms with Gasteiger partial charge in [-0.05, 0) is 63.3 Å². The molecule has 10 nitrogen and oxygen atoms in total. The van der Waals surface area contributed by atoms with E-state index in [2.05, 4.69) is 10.1 Å². The number of imidazole rings is 1. The number of nitrogens with zero attached hydrogens (tertiary/aromatic N) is 6. The van der Waals surface area contributed by atoms with Gasteiger partial charge in [0.15, 0.2) is 23.2 Å². The number of aromatic nitrogens is 5. The molecule has 0 spiro atoms. The Morgan fingerprint density at radius 3 is 2.62 bits per heavy atom. The van der Waals surface area contributed by atoms with Crippen molar-refractivity contribution in [2.24, 2.45) is 11.5 Å². The topological polar surface area (TPSA) is 151 Å². The predicted molar refractivity (Wildman–Crippen MR) is 126 cm³/mol. The minimum Gasteiger partial charge on any atom is -0.442 e. The monoisotopic (exact) mass is 454 g/mol. The number of nitriles is 1. The van der Waals surface area contributed by atoms with Gasteiger partial charge in [0.2, 0.25) is 0 Å². The first-order chi connectivity index (χ1) is 16.3. The number of nitrogens with two attached hydrogens (primary N) is 2. The number of aryl methyl sites for hydroxylation is 1. The molecule has 0 aliphatic rings. The number of hydrogen-bond donors (Lipinski definition) is 2. The second-order valence-corrected chi connectivity index (χ2v) is 7.64. The second kappa shape index (κ2) is 8.91. The minimum atomic E-state index is -0.169. The maximum absolute atomic E-state index is 12.3. The molecule has 0 aliphatic carbocycles. The molecule has 0 aliphatic heterocycles. The number of ether oxygens (including phenoxy) is 1. The van der Waals surface area contributed by atoms with E-state index in [1.54, 1.807) is 73.3 Å². The average Bonchev–Trinajstić information content (AvgIpc) is 3.40. The van der Waals surface area contributed by atoms with E-state index in [0.29, 0.717) is 39.9 Å². The molecule has 0 amide bonds. The van der Waals surface area contributed by atoms with Gasteiger partial charge in [-0.2, -0.15) is 10.4 Å². The van der Waals surface area contributed by atoms with Gasteiger partial charge in [0.25, 0.3) is 0 Å². The van der Waals surface area contributed by atoms with E-state index >= 15 is 0 Å². The molecule has 4 rings (SSSR count). The molecule has 4 N–H and O–H groups in total. The van der Waals surface area contributed by atoms with Crippen LogP contribution in [0.5, 0.6) is 5.75 Å². The molecule has 3 heterocycles. The highest BCUT2D eigenvalue weighted by Crippen LogP contribution is 2.25. The number of benzene rings is 1. The summed E-state index contributed by atoms with van der Waals surface area (Å²) in [6.45, 7) is 5.00. The summed E-state index contributed by atoms with van der Waals surface area (Å²) in [5, 5.41) is 13.5. The van der Waals surface area contributed by atoms with Gasteiger partial charge < -0.3 is 16.2 Å². The van der Waals surface area contributed by atoms with E-state index in [9.17, 15) is 10.1 Å². The SMILES string of the molecule is CC(=O)c1ccc(-n2cnc3ccc(O/C(N)=C/C=C(/C)N)cc32)nc1-n1nc(C#N)cc1C. The molecule has 3 aromatic heterocycles. The third-order valence-electron chi connectivity index (χ3n) is 4.95. The fourth-order valence-corrected chi connectivity index (χ4v) is 3.37. The van der Waals surface area contributed by atoms with Crippen LogP contribution >= 0.6 is 0 Å². The van der Waals surface area contributed by atoms with Gasteiger partial charge in [0.05, 0.1) is 16.6 Å². The van der Waals surface area contributed by atoms with Gasteiger partial charge in [-0.25, -0.2) is 14.6 Å². The van der Waals surface area contributed by atoms with Crippen molar-refractivity contribution in [3.05, 3.63) is 83.4 Å². The van der Waals surface area contributed by atoms with Crippen LogP contribution in [0.3, 0.4) is 0 Å². The summed E-state index contributed by atoms with van der Waals surface area (Å²) in [7, 11) is 0. The zero-order valence-corrected chi connectivity index (χ0v) is 18.9. The van der Waals surface area contributed by atoms with Crippen LogP contribution in [-0.2, 0) is 0 Å². The lowest BCUT2D eigenvalue weighted by atomic mass is 10.2. The number of rotatable bonds is 6. The Labute approximate surface area is 195 Å². The van der Waals surface area contributed by atoms with Crippen LogP contribution in [-0.4, -0.2) is 30.1 Å². The van der Waals surface area contributed by atoms with E-state index in [1.807, 2.05) is 6.07 Å². The predicted octanol–water partition coefficient (Wildman–Crippen LogP) is 3.03. The second-order valence-electron chi connectivity index (χ2n) is 7.64. The van der Waals surface area contributed by atoms with Gasteiger partial charge in [-0.15, -0.1) is 0 Å². The van der Waals surface area contributed by atoms with Crippen molar-refractivity contribution in [2.75, 3.05) is 0 Å². The number of ketones is 1. The number of Topliss-reactive ketones (excluding diaryl/α,β-unsaturated/α-hetero) is 1. The summed E-state index contributed by atoms with van der Waals surface area (Å²) >= 11 is 0. The quantitative estimate of drug-likeness (QED) is 0.256. The Balaban J connectivity index is 1.80. The Morgan fingerprint density at radius 2 is 1.94 bits per heavy atom. The molecule has 0 atom stereocenters. The lowest BCUT2D eigenvalue weighted by Crippen LogP contribution is -2.11. The molecule has 0 radical (unpaired) electrons. The average molecular weight is 454 g/mol. The molecule has 10 heteroatoms. The van der Waals surface area contributed by atoms with Gasteiger partial charge in [0.1, 0.15) is 24.0 Å². The van der Waals surface area contributed by atoms with Crippen molar-refractivity contribution in [1.82, 2.24) is 24.3 Å². The lowest BCUT2D eigenvalue weighted by Gasteiger charge is -2.12. The molecule has 4 aromatic rings. The molecule has 0 unspecified atom stereocenters. The number of hydrogen-bond acceptors (Lipinski definition) is 8. The third-order valence-corrected chi connectivity index (χ3v) is 4.95. The van der Waals surface area contributed by atoms with E-state index in [4.69, 9.17) is 21.2 Å². The van der Waals surface area contributed by atoms with Crippen molar-refractivity contribution in [3.63, 3.8) is 0 Å². The number of carbonyl (C=O) groups excluding carboxylic acids is 1. The van der Waals surface area contributed by atoms with Crippen molar-refractivity contribution >= 4 is 16.8 Å². The molecule has 1 aromatic carbocycles. The van der Waals surface area contributed by atoms with Crippen molar-refractivity contribution in [1.29, 1.82) is 5.26 Å². The Kier molecular flexibility index (Phi) is 5.84. The summed E-state index contributed by atoms with van der Waals surface area (Å²) in [4.78, 5) is 21.4. The third kappa shape index (κ3) is 4.35. The Bertz CT molecular complexity index is 1510. The summed E-state index contributed by atoms with van der Waals surface area (Å²) in [6, 6.07) is 12.4. The van der Waals surface area contributed by atoms with Crippen molar-refractivity contribution < 1.29 is 9.53 Å². The van der Waals surface area contributed by atoms with E-state index in [0.717, 1.165) is 5.52 Å². The zero-order chi connectivity index (χ0) is 24.4. The molecule has 0 bridgehead atoms. The number of pyridine rings is 1. The first-order valence-corrected chi connectivity index (χ1v) is 10.3. The van der Waals surface area contributed by atoms with Crippen LogP contribution in [0.1, 0.15) is 35.6 Å². The fraction of sp³-hybridized carbons (Fsp3) is 0.125. The molecule has 34 heavy (non-hydrogen) atoms. The minimum absolute atomic E-state index is 0.169. The summed E-state index contributed by atoms with van der Waals surface area (Å²) in [6.07, 6.45) is 4.85. The summed E-state index contributed by atoms with van der Waals surface area (Å²) < 4.78 is 8.95. The maximum Gasteiger partial charge on any atom is 0.190 e. The summed E-state index contributed by atoms with van der Waals surface area (Å²) in [5.41, 5.74) is 14.9. The molecule has 170 valence electrons. The Morgan fingerprint density at radius 1 is 1.15 bits per heavy atom. The van der Waals surface area contributed by atoms with Crippen LogP contribution in [0.15, 0.2) is 66.5 Å². The standard InChI is InChI=1S/C24H22N8O2/c1-14(26)4-8-22(27)34-18-5-7-20-21(11-18)31(13-28-20)23-9-6-19(16(3)33)24(29-23)32-15(2)10-17(12-25)30-32/h4-11,13H,26-27H2,1-3H3/b14-4-,22-8+. The lowest BCUT2D eigenvalue weighted by molar-refractivity contribution is 0.101. The number of carbonyl (C=O) groups is 1. The van der Waals surface area contributed by atoms with E-state index in [-0.39, 0.29) is 17.4 Å². The molecular formula is C24H22N8O2. The van der Waals surface area contributed by atoms with E-state index < -0.39 is 0 Å². The smallest absolute Gasteiger partial charge is 0.190 e. The summed E-state index contributed by atoms with van der Waals surface area (Å²) in [5.74, 6) is 1.36. The van der Waals surface area contributed by atoms with Crippen LogP contribution in [0.4, 0.5) is 0 Å². The zero-order valence-electron chi connectivity index (χ0n) is 18.9. The van der Waals surface area contributed by atoms with Crippen LogP contribution in [0, 0.1) is 18.3 Å². The van der Waals surface area contributed by atoms with Gasteiger partial charge in [0, 0.05) is 17.5 Å². The van der Waals surface area contributed by atoms with Crippen LogP contribution in [0.2, 0.25) is 0 Å². The van der Waals surface area contributed by atoms with Gasteiger partial charge >= 0.3 is 0 Å². The Hall–Kier alpha value is -4.91. The van der Waals surface area contributed by atoms with Crippen molar-refractivity contribution in [3.8, 4) is 23.5 Å². The highest BCUT2D eigenvalue weighted by atomic mass is 16.5. The van der Waals surface area contributed by atoms with Crippen LogP contribution in [0.25, 0.3) is 22.7 Å². The normalized spacial score (nSPS) is 12.1. The highest BCUT2D eigenvalue weighted by molar-refractivity contribution is 5.97. The van der Waals surface area contributed by atoms with Gasteiger partial charge in [-0.3, -0.25) is 9.36 Å². The molecule has 0 fully saturated rings. The maximum atomic E-state index is 12.3. The molecule has 0 saturated carbocycles. The fourth-order valence-electron chi connectivity index (χ4n) is 3.37. The van der Waals surface area contributed by atoms with E-state index in [1.165, 1.54) is 11.6 Å². The highest BCUT2D eigenvalue weighted by Gasteiger charge is 2.17. The number of fused-ring (bicyclic) bond motifs is 1. The van der Waals surface area contributed by atoms with Crippen molar-refractivity contribution in [2.45, 2.75) is 20.8 Å². The molecule has 0 saturated heterocycles. The first kappa shape index (κ1) is 22.3. The largest absolute Gasteiger partial charge is 0.442 e. The first-order valence-electron chi connectivity index (χ1n) is 10.3.